The highest BCUT2D eigenvalue weighted by Gasteiger charge is 2.48. The van der Waals surface area contributed by atoms with E-state index in [9.17, 15) is 13.2 Å². The maximum absolute atomic E-state index is 12.4. The van der Waals surface area contributed by atoms with Crippen molar-refractivity contribution in [3.05, 3.63) is 35.4 Å². The highest BCUT2D eigenvalue weighted by Crippen LogP contribution is 2.29. The number of hydrogen-bond donors (Lipinski definition) is 0. The Balaban J connectivity index is 1.76. The zero-order valence-electron chi connectivity index (χ0n) is 15.7. The summed E-state index contributed by atoms with van der Waals surface area (Å²) in [6.07, 6.45) is 0.382. The quantitative estimate of drug-likeness (QED) is 0.800. The molecule has 2 heterocycles. The van der Waals surface area contributed by atoms with Gasteiger partial charge in [0.15, 0.2) is 9.84 Å². The first-order chi connectivity index (χ1) is 12.3. The van der Waals surface area contributed by atoms with E-state index in [1.807, 2.05) is 0 Å². The first-order valence-electron chi connectivity index (χ1n) is 9.28. The van der Waals surface area contributed by atoms with Gasteiger partial charge in [0, 0.05) is 25.7 Å². The molecular weight excluding hydrogens is 352 g/mol. The van der Waals surface area contributed by atoms with Crippen LogP contribution in [0.3, 0.4) is 0 Å². The lowest BCUT2D eigenvalue weighted by atomic mass is 10.0. The average molecular weight is 381 g/mol. The fourth-order valence-corrected chi connectivity index (χ4v) is 5.84. The topological polar surface area (TPSA) is 66.9 Å². The molecule has 0 bridgehead atoms. The van der Waals surface area contributed by atoms with Gasteiger partial charge in [-0.15, -0.1) is 0 Å². The van der Waals surface area contributed by atoms with Gasteiger partial charge in [-0.3, -0.25) is 4.90 Å². The van der Waals surface area contributed by atoms with Crippen LogP contribution in [0.4, 0.5) is 4.79 Å². The minimum absolute atomic E-state index is 0.0239. The lowest BCUT2D eigenvalue weighted by molar-refractivity contribution is 0.0163. The number of hydrogen-bond acceptors (Lipinski definition) is 5. The van der Waals surface area contributed by atoms with Crippen LogP contribution in [0.15, 0.2) is 24.3 Å². The number of ether oxygens (including phenoxy) is 1. The molecular formula is C19H28N2O4S. The van der Waals surface area contributed by atoms with E-state index in [1.165, 1.54) is 11.1 Å². The number of carbonyl (C=O) groups is 1. The zero-order valence-corrected chi connectivity index (χ0v) is 16.5. The molecule has 1 aromatic carbocycles. The molecule has 2 fully saturated rings. The molecule has 26 heavy (non-hydrogen) atoms. The van der Waals surface area contributed by atoms with Crippen molar-refractivity contribution in [2.75, 3.05) is 24.6 Å². The molecule has 0 aliphatic carbocycles. The van der Waals surface area contributed by atoms with Crippen LogP contribution in [0.2, 0.25) is 0 Å². The second kappa shape index (κ2) is 7.56. The smallest absolute Gasteiger partial charge is 0.410 e. The van der Waals surface area contributed by atoms with E-state index in [0.717, 1.165) is 6.42 Å². The Morgan fingerprint density at radius 1 is 1.12 bits per heavy atom. The number of benzene rings is 1. The summed E-state index contributed by atoms with van der Waals surface area (Å²) < 4.78 is 29.8. The van der Waals surface area contributed by atoms with E-state index < -0.39 is 15.9 Å². The van der Waals surface area contributed by atoms with Crippen molar-refractivity contribution in [3.8, 4) is 0 Å². The predicted molar refractivity (Wildman–Crippen MR) is 101 cm³/mol. The molecule has 2 aliphatic heterocycles. The fraction of sp³-hybridized carbons (Fsp3) is 0.632. The highest BCUT2D eigenvalue weighted by atomic mass is 32.2. The number of rotatable bonds is 4. The van der Waals surface area contributed by atoms with E-state index in [0.29, 0.717) is 19.6 Å². The molecule has 1 aromatic rings. The Labute approximate surface area is 156 Å². The van der Waals surface area contributed by atoms with E-state index in [4.69, 9.17) is 4.74 Å². The van der Waals surface area contributed by atoms with Crippen LogP contribution in [0, 0.1) is 0 Å². The van der Waals surface area contributed by atoms with Gasteiger partial charge in [-0.1, -0.05) is 31.2 Å². The minimum atomic E-state index is -3.15. The second-order valence-corrected chi connectivity index (χ2v) is 9.63. The zero-order chi connectivity index (χ0) is 18.9. The maximum Gasteiger partial charge on any atom is 0.410 e. The van der Waals surface area contributed by atoms with E-state index in [-0.39, 0.29) is 29.7 Å². The standard InChI is InChI=1S/C19H28N2O4S/c1-4-15-5-7-16(8-6-15)11-20-9-10-21(19(22)25-14(2)3)18-13-26(23,24)12-17(18)20/h5-8,14,17-18H,4,9-13H2,1-3H3/t17-,18+/m1/s1. The average Bonchev–Trinajstić information content (AvgIpc) is 2.90. The van der Waals surface area contributed by atoms with Crippen LogP contribution < -0.4 is 0 Å². The number of fused-ring (bicyclic) bond motifs is 1. The lowest BCUT2D eigenvalue weighted by Gasteiger charge is -2.43. The third kappa shape index (κ3) is 4.20. The van der Waals surface area contributed by atoms with E-state index in [2.05, 4.69) is 36.1 Å². The molecule has 0 radical (unpaired) electrons. The Morgan fingerprint density at radius 2 is 1.73 bits per heavy atom. The van der Waals surface area contributed by atoms with E-state index in [1.54, 1.807) is 18.7 Å². The van der Waals surface area contributed by atoms with Crippen molar-refractivity contribution in [2.24, 2.45) is 0 Å². The Hall–Kier alpha value is -1.60. The molecule has 0 spiro atoms. The third-order valence-corrected chi connectivity index (χ3v) is 6.88. The normalized spacial score (nSPS) is 25.3. The molecule has 2 saturated heterocycles. The van der Waals surface area contributed by atoms with E-state index >= 15 is 0 Å². The fourth-order valence-electron chi connectivity index (χ4n) is 3.83. The summed E-state index contributed by atoms with van der Waals surface area (Å²) in [5.74, 6) is 0.131. The van der Waals surface area contributed by atoms with Crippen molar-refractivity contribution in [2.45, 2.75) is 51.9 Å². The first-order valence-corrected chi connectivity index (χ1v) is 11.1. The molecule has 144 valence electrons. The molecule has 1 amide bonds. The van der Waals surface area contributed by atoms with Crippen LogP contribution in [-0.4, -0.2) is 67.1 Å². The summed E-state index contributed by atoms with van der Waals surface area (Å²) in [5, 5.41) is 0. The van der Waals surface area contributed by atoms with Gasteiger partial charge in [0.25, 0.3) is 0 Å². The van der Waals surface area contributed by atoms with Gasteiger partial charge in [-0.25, -0.2) is 13.2 Å². The third-order valence-electron chi connectivity index (χ3n) is 5.18. The van der Waals surface area contributed by atoms with Gasteiger partial charge in [0.1, 0.15) is 0 Å². The molecule has 0 N–H and O–H groups in total. The molecule has 6 nitrogen and oxygen atoms in total. The summed E-state index contributed by atoms with van der Waals surface area (Å²) in [6.45, 7) is 7.58. The van der Waals surface area contributed by atoms with Crippen LogP contribution in [0.25, 0.3) is 0 Å². The predicted octanol–water partition coefficient (Wildman–Crippen LogP) is 2.08. The van der Waals surface area contributed by atoms with Crippen LogP contribution in [0.5, 0.6) is 0 Å². The molecule has 3 rings (SSSR count). The van der Waals surface area contributed by atoms with Crippen molar-refractivity contribution in [1.82, 2.24) is 9.80 Å². The molecule has 2 aliphatic rings. The number of nitrogens with zero attached hydrogens (tertiary/aromatic N) is 2. The summed E-state index contributed by atoms with van der Waals surface area (Å²) in [6, 6.07) is 7.96. The van der Waals surface area contributed by atoms with Gasteiger partial charge in [-0.05, 0) is 31.4 Å². The van der Waals surface area contributed by atoms with Gasteiger partial charge in [0.05, 0.1) is 23.7 Å². The SMILES string of the molecule is CCc1ccc(CN2CCN(C(=O)OC(C)C)[C@H]3CS(=O)(=O)C[C@H]32)cc1. The van der Waals surface area contributed by atoms with Crippen molar-refractivity contribution < 1.29 is 17.9 Å². The monoisotopic (exact) mass is 380 g/mol. The molecule has 0 saturated carbocycles. The van der Waals surface area contributed by atoms with Crippen LogP contribution in [0.1, 0.15) is 31.9 Å². The summed E-state index contributed by atoms with van der Waals surface area (Å²) in [7, 11) is -3.15. The summed E-state index contributed by atoms with van der Waals surface area (Å²) >= 11 is 0. The number of sulfone groups is 1. The first kappa shape index (κ1) is 19.2. The number of amides is 1. The molecule has 0 aromatic heterocycles. The van der Waals surface area contributed by atoms with Crippen molar-refractivity contribution in [3.63, 3.8) is 0 Å². The highest BCUT2D eigenvalue weighted by molar-refractivity contribution is 7.91. The summed E-state index contributed by atoms with van der Waals surface area (Å²) in [5.41, 5.74) is 2.46. The molecule has 0 unspecified atom stereocenters. The number of aryl methyl sites for hydroxylation is 1. The van der Waals surface area contributed by atoms with Gasteiger partial charge >= 0.3 is 6.09 Å². The van der Waals surface area contributed by atoms with Crippen LogP contribution >= 0.6 is 0 Å². The second-order valence-electron chi connectivity index (χ2n) is 7.48. The Kier molecular flexibility index (Phi) is 5.58. The van der Waals surface area contributed by atoms with Gasteiger partial charge < -0.3 is 9.64 Å². The molecule has 7 heteroatoms. The lowest BCUT2D eigenvalue weighted by Crippen LogP contribution is -2.60. The van der Waals surface area contributed by atoms with Crippen molar-refractivity contribution in [1.29, 1.82) is 0 Å². The Morgan fingerprint density at radius 3 is 2.35 bits per heavy atom. The summed E-state index contributed by atoms with van der Waals surface area (Å²) in [4.78, 5) is 16.2. The van der Waals surface area contributed by atoms with Crippen molar-refractivity contribution >= 4 is 15.9 Å². The molecule has 2 atom stereocenters. The Bertz CT molecular complexity index is 745. The van der Waals surface area contributed by atoms with Gasteiger partial charge in [0.2, 0.25) is 0 Å². The number of piperazine rings is 1. The number of carbonyl (C=O) groups excluding carboxylic acids is 1. The van der Waals surface area contributed by atoms with Gasteiger partial charge in [-0.2, -0.15) is 0 Å². The maximum atomic E-state index is 12.4. The minimum Gasteiger partial charge on any atom is -0.447 e. The van der Waals surface area contributed by atoms with Crippen LogP contribution in [-0.2, 0) is 27.5 Å². The largest absolute Gasteiger partial charge is 0.447 e.